The van der Waals surface area contributed by atoms with E-state index in [1.165, 1.54) is 7.11 Å². The summed E-state index contributed by atoms with van der Waals surface area (Å²) in [4.78, 5) is 27.6. The van der Waals surface area contributed by atoms with Crippen molar-refractivity contribution in [2.24, 2.45) is 5.92 Å². The van der Waals surface area contributed by atoms with E-state index in [9.17, 15) is 9.59 Å². The lowest BCUT2D eigenvalue weighted by molar-refractivity contribution is -0.146. The van der Waals surface area contributed by atoms with Gasteiger partial charge in [0.25, 0.3) is 5.91 Å². The molecular formula is C14H17BrN2O3. The lowest BCUT2D eigenvalue weighted by Crippen LogP contribution is -2.39. The average Bonchev–Trinajstić information content (AvgIpc) is 2.47. The number of pyridine rings is 1. The summed E-state index contributed by atoms with van der Waals surface area (Å²) < 4.78 is 5.39. The first kappa shape index (κ1) is 15.0. The maximum Gasteiger partial charge on any atom is 0.308 e. The van der Waals surface area contributed by atoms with Crippen molar-refractivity contribution in [1.82, 2.24) is 10.3 Å². The van der Waals surface area contributed by atoms with E-state index >= 15 is 0 Å². The summed E-state index contributed by atoms with van der Waals surface area (Å²) in [5.41, 5.74) is 0.398. The molecule has 0 atom stereocenters. The Labute approximate surface area is 126 Å². The first-order valence-electron chi connectivity index (χ1n) is 6.61. The Morgan fingerprint density at radius 1 is 1.30 bits per heavy atom. The molecule has 1 aromatic rings. The van der Waals surface area contributed by atoms with Crippen LogP contribution in [0.25, 0.3) is 0 Å². The van der Waals surface area contributed by atoms with Gasteiger partial charge in [-0.1, -0.05) is 6.07 Å². The molecule has 0 saturated heterocycles. The zero-order valence-electron chi connectivity index (χ0n) is 11.3. The molecule has 6 heteroatoms. The number of nitrogens with zero attached hydrogens (tertiary/aromatic N) is 1. The van der Waals surface area contributed by atoms with Gasteiger partial charge in [0.05, 0.1) is 13.0 Å². The van der Waals surface area contributed by atoms with Crippen molar-refractivity contribution in [3.63, 3.8) is 0 Å². The number of hydrogen-bond acceptors (Lipinski definition) is 4. The monoisotopic (exact) mass is 340 g/mol. The summed E-state index contributed by atoms with van der Waals surface area (Å²) >= 11 is 3.24. The molecule has 1 heterocycles. The highest BCUT2D eigenvalue weighted by molar-refractivity contribution is 9.10. The van der Waals surface area contributed by atoms with Gasteiger partial charge in [-0.25, -0.2) is 4.98 Å². The van der Waals surface area contributed by atoms with Crippen molar-refractivity contribution in [1.29, 1.82) is 0 Å². The lowest BCUT2D eigenvalue weighted by Gasteiger charge is -2.27. The Kier molecular flexibility index (Phi) is 5.11. The standard InChI is InChI=1S/C14H17BrN2O3/c1-20-14(19)9-5-7-10(8-6-9)16-13(18)11-3-2-4-12(15)17-11/h2-4,9-10H,5-8H2,1H3,(H,16,18). The van der Waals surface area contributed by atoms with Crippen LogP contribution in [0.1, 0.15) is 36.2 Å². The molecular weight excluding hydrogens is 324 g/mol. The van der Waals surface area contributed by atoms with Crippen LogP contribution in [-0.4, -0.2) is 30.0 Å². The third-order valence-electron chi connectivity index (χ3n) is 3.54. The fourth-order valence-electron chi connectivity index (χ4n) is 2.43. The molecule has 0 bridgehead atoms. The quantitative estimate of drug-likeness (QED) is 0.677. The molecule has 1 aliphatic carbocycles. The molecule has 1 N–H and O–H groups in total. The van der Waals surface area contributed by atoms with E-state index in [0.717, 1.165) is 25.7 Å². The summed E-state index contributed by atoms with van der Waals surface area (Å²) in [5.74, 6) is -0.353. The van der Waals surface area contributed by atoms with Crippen LogP contribution in [0.2, 0.25) is 0 Å². The molecule has 0 aromatic carbocycles. The number of hydrogen-bond donors (Lipinski definition) is 1. The van der Waals surface area contributed by atoms with Crippen molar-refractivity contribution < 1.29 is 14.3 Å². The van der Waals surface area contributed by atoms with Crippen LogP contribution in [0.15, 0.2) is 22.8 Å². The Morgan fingerprint density at radius 3 is 2.60 bits per heavy atom. The van der Waals surface area contributed by atoms with E-state index in [1.807, 2.05) is 0 Å². The Bertz CT molecular complexity index is 499. The molecule has 5 nitrogen and oxygen atoms in total. The molecule has 20 heavy (non-hydrogen) atoms. The largest absolute Gasteiger partial charge is 0.469 e. The highest BCUT2D eigenvalue weighted by Crippen LogP contribution is 2.25. The van der Waals surface area contributed by atoms with Crippen LogP contribution < -0.4 is 5.32 Å². The molecule has 0 aliphatic heterocycles. The topological polar surface area (TPSA) is 68.3 Å². The summed E-state index contributed by atoms with van der Waals surface area (Å²) in [6.45, 7) is 0. The molecule has 1 aliphatic rings. The van der Waals surface area contributed by atoms with Gasteiger partial charge < -0.3 is 10.1 Å². The van der Waals surface area contributed by atoms with Crippen LogP contribution in [0.5, 0.6) is 0 Å². The molecule has 1 saturated carbocycles. The first-order chi connectivity index (χ1) is 9.60. The SMILES string of the molecule is COC(=O)C1CCC(NC(=O)c2cccc(Br)n2)CC1. The maximum atomic E-state index is 12.1. The van der Waals surface area contributed by atoms with Gasteiger partial charge in [0, 0.05) is 6.04 Å². The van der Waals surface area contributed by atoms with Gasteiger partial charge in [-0.3, -0.25) is 9.59 Å². The third-order valence-corrected chi connectivity index (χ3v) is 3.99. The lowest BCUT2D eigenvalue weighted by atomic mass is 9.86. The number of carbonyl (C=O) groups is 2. The number of rotatable bonds is 3. The van der Waals surface area contributed by atoms with E-state index in [2.05, 4.69) is 26.2 Å². The number of aromatic nitrogens is 1. The fraction of sp³-hybridized carbons (Fsp3) is 0.500. The third kappa shape index (κ3) is 3.79. The van der Waals surface area contributed by atoms with Gasteiger partial charge >= 0.3 is 5.97 Å². The van der Waals surface area contributed by atoms with Crippen LogP contribution in [0.4, 0.5) is 0 Å². The fourth-order valence-corrected chi connectivity index (χ4v) is 2.78. The number of methoxy groups -OCH3 is 1. The zero-order chi connectivity index (χ0) is 14.5. The minimum atomic E-state index is -0.173. The first-order valence-corrected chi connectivity index (χ1v) is 7.40. The molecule has 0 spiro atoms. The van der Waals surface area contributed by atoms with Crippen molar-refractivity contribution >= 4 is 27.8 Å². The normalized spacial score (nSPS) is 22.1. The van der Waals surface area contributed by atoms with E-state index in [4.69, 9.17) is 4.74 Å². The molecule has 0 radical (unpaired) electrons. The molecule has 1 aromatic heterocycles. The Balaban J connectivity index is 1.86. The molecule has 1 fully saturated rings. The number of nitrogens with one attached hydrogen (secondary N) is 1. The second-order valence-corrected chi connectivity index (χ2v) is 5.70. The summed E-state index contributed by atoms with van der Waals surface area (Å²) in [6.07, 6.45) is 3.09. The van der Waals surface area contributed by atoms with Gasteiger partial charge in [0.1, 0.15) is 10.3 Å². The number of ether oxygens (including phenoxy) is 1. The van der Waals surface area contributed by atoms with Crippen molar-refractivity contribution in [3.8, 4) is 0 Å². The molecule has 108 valence electrons. The highest BCUT2D eigenvalue weighted by Gasteiger charge is 2.27. The highest BCUT2D eigenvalue weighted by atomic mass is 79.9. The Hall–Kier alpha value is -1.43. The number of halogens is 1. The van der Waals surface area contributed by atoms with Crippen LogP contribution in [-0.2, 0) is 9.53 Å². The van der Waals surface area contributed by atoms with Crippen LogP contribution >= 0.6 is 15.9 Å². The smallest absolute Gasteiger partial charge is 0.308 e. The van der Waals surface area contributed by atoms with Crippen LogP contribution in [0.3, 0.4) is 0 Å². The predicted molar refractivity (Wildman–Crippen MR) is 77.2 cm³/mol. The van der Waals surface area contributed by atoms with Gasteiger partial charge in [0.15, 0.2) is 0 Å². The number of amides is 1. The van der Waals surface area contributed by atoms with E-state index in [1.54, 1.807) is 18.2 Å². The van der Waals surface area contributed by atoms with Gasteiger partial charge in [0.2, 0.25) is 0 Å². The van der Waals surface area contributed by atoms with Gasteiger partial charge in [-0.2, -0.15) is 0 Å². The summed E-state index contributed by atoms with van der Waals surface area (Å²) in [7, 11) is 1.41. The average molecular weight is 341 g/mol. The molecule has 1 amide bonds. The van der Waals surface area contributed by atoms with Crippen molar-refractivity contribution in [3.05, 3.63) is 28.5 Å². The molecule has 2 rings (SSSR count). The predicted octanol–water partition coefficient (Wildman–Crippen LogP) is 2.31. The second-order valence-electron chi connectivity index (χ2n) is 4.89. The van der Waals surface area contributed by atoms with E-state index < -0.39 is 0 Å². The van der Waals surface area contributed by atoms with Crippen molar-refractivity contribution in [2.45, 2.75) is 31.7 Å². The summed E-state index contributed by atoms with van der Waals surface area (Å²) in [5, 5.41) is 2.97. The number of esters is 1. The minimum Gasteiger partial charge on any atom is -0.469 e. The zero-order valence-corrected chi connectivity index (χ0v) is 12.9. The van der Waals surface area contributed by atoms with Gasteiger partial charge in [-0.05, 0) is 53.7 Å². The van der Waals surface area contributed by atoms with E-state index in [0.29, 0.717) is 10.3 Å². The van der Waals surface area contributed by atoms with Crippen LogP contribution in [0, 0.1) is 5.92 Å². The minimum absolute atomic E-state index is 0.0304. The Morgan fingerprint density at radius 2 is 2.00 bits per heavy atom. The van der Waals surface area contributed by atoms with E-state index in [-0.39, 0.29) is 23.8 Å². The van der Waals surface area contributed by atoms with Crippen molar-refractivity contribution in [2.75, 3.05) is 7.11 Å². The molecule has 0 unspecified atom stereocenters. The van der Waals surface area contributed by atoms with Gasteiger partial charge in [-0.15, -0.1) is 0 Å². The second kappa shape index (κ2) is 6.83. The maximum absolute atomic E-state index is 12.1. The number of carbonyl (C=O) groups excluding carboxylic acids is 2. The summed E-state index contributed by atoms with van der Waals surface area (Å²) in [6, 6.07) is 5.34.